The Hall–Kier alpha value is -1.80. The van der Waals surface area contributed by atoms with E-state index in [-0.39, 0.29) is 22.8 Å². The molecule has 0 spiro atoms. The minimum atomic E-state index is -1.17. The molecule has 1 aromatic heterocycles. The molecule has 0 aliphatic carbocycles. The number of carbonyl (C=O) groups is 1. The molecule has 5 nitrogen and oxygen atoms in total. The molecule has 0 bridgehead atoms. The largest absolute Gasteiger partial charge is 0.477 e. The van der Waals surface area contributed by atoms with E-state index in [9.17, 15) is 4.79 Å². The van der Waals surface area contributed by atoms with Crippen LogP contribution in [-0.4, -0.2) is 27.1 Å². The molecule has 1 heterocycles. The smallest absolute Gasteiger partial charge is 0.354 e. The Labute approximate surface area is 91.5 Å². The molecule has 0 amide bonds. The van der Waals surface area contributed by atoms with E-state index in [0.717, 1.165) is 0 Å². The van der Waals surface area contributed by atoms with Crippen molar-refractivity contribution in [1.82, 2.24) is 9.97 Å². The number of terminal acetylenes is 1. The number of halogens is 1. The van der Waals surface area contributed by atoms with Crippen molar-refractivity contribution in [3.05, 3.63) is 17.0 Å². The van der Waals surface area contributed by atoms with Gasteiger partial charge in [0.25, 0.3) is 0 Å². The Balaban J connectivity index is 3.00. The number of nitrogens with one attached hydrogen (secondary N) is 1. The average molecular weight is 226 g/mol. The van der Waals surface area contributed by atoms with Crippen LogP contribution in [0.1, 0.15) is 17.4 Å². The van der Waals surface area contributed by atoms with Crippen molar-refractivity contribution < 1.29 is 9.90 Å². The summed E-state index contributed by atoms with van der Waals surface area (Å²) in [5, 5.41) is 11.4. The van der Waals surface area contributed by atoms with Crippen LogP contribution in [0.25, 0.3) is 0 Å². The molecule has 2 N–H and O–H groups in total. The number of aromatic carboxylic acids is 1. The maximum Gasteiger partial charge on any atom is 0.354 e. The van der Waals surface area contributed by atoms with Crippen molar-refractivity contribution in [2.45, 2.75) is 13.0 Å². The third-order valence-electron chi connectivity index (χ3n) is 1.53. The molecule has 0 aliphatic rings. The van der Waals surface area contributed by atoms with Crippen LogP contribution < -0.4 is 5.32 Å². The SMILES string of the molecule is C#CC(C)Nc1cc(C(=O)O)nc(Cl)n1. The van der Waals surface area contributed by atoms with E-state index < -0.39 is 5.97 Å². The molecular weight excluding hydrogens is 218 g/mol. The predicted molar refractivity (Wildman–Crippen MR) is 55.9 cm³/mol. The molecule has 0 aromatic carbocycles. The third kappa shape index (κ3) is 3.11. The Morgan fingerprint density at radius 3 is 2.93 bits per heavy atom. The number of carboxylic acids is 1. The number of hydrogen-bond donors (Lipinski definition) is 2. The van der Waals surface area contributed by atoms with Gasteiger partial charge in [0.2, 0.25) is 5.28 Å². The van der Waals surface area contributed by atoms with E-state index in [2.05, 4.69) is 21.2 Å². The van der Waals surface area contributed by atoms with Gasteiger partial charge in [0.05, 0.1) is 6.04 Å². The molecule has 15 heavy (non-hydrogen) atoms. The van der Waals surface area contributed by atoms with Crippen molar-refractivity contribution in [3.8, 4) is 12.3 Å². The first-order valence-corrected chi connectivity index (χ1v) is 4.41. The lowest BCUT2D eigenvalue weighted by atomic mass is 10.3. The summed E-state index contributed by atoms with van der Waals surface area (Å²) in [5.41, 5.74) is -0.179. The molecule has 0 fully saturated rings. The van der Waals surface area contributed by atoms with Crippen molar-refractivity contribution in [1.29, 1.82) is 0 Å². The van der Waals surface area contributed by atoms with Gasteiger partial charge in [0, 0.05) is 6.07 Å². The Morgan fingerprint density at radius 1 is 1.73 bits per heavy atom. The van der Waals surface area contributed by atoms with Gasteiger partial charge in [-0.2, -0.15) is 0 Å². The third-order valence-corrected chi connectivity index (χ3v) is 1.70. The van der Waals surface area contributed by atoms with Gasteiger partial charge >= 0.3 is 5.97 Å². The van der Waals surface area contributed by atoms with E-state index in [1.165, 1.54) is 6.07 Å². The maximum absolute atomic E-state index is 10.6. The summed E-state index contributed by atoms with van der Waals surface area (Å²) in [4.78, 5) is 18.0. The highest BCUT2D eigenvalue weighted by molar-refractivity contribution is 6.28. The molecule has 0 saturated heterocycles. The van der Waals surface area contributed by atoms with Gasteiger partial charge in [-0.1, -0.05) is 5.92 Å². The van der Waals surface area contributed by atoms with E-state index in [0.29, 0.717) is 0 Å². The van der Waals surface area contributed by atoms with Gasteiger partial charge in [0.1, 0.15) is 5.82 Å². The van der Waals surface area contributed by atoms with Crippen LogP contribution in [0.3, 0.4) is 0 Å². The second kappa shape index (κ2) is 4.62. The summed E-state index contributed by atoms with van der Waals surface area (Å²) < 4.78 is 0. The minimum Gasteiger partial charge on any atom is -0.477 e. The first kappa shape index (κ1) is 11.3. The molecule has 1 atom stereocenters. The Bertz CT molecular complexity index is 428. The fraction of sp³-hybridized carbons (Fsp3) is 0.222. The van der Waals surface area contributed by atoms with Gasteiger partial charge in [-0.3, -0.25) is 0 Å². The number of nitrogens with zero attached hydrogens (tertiary/aromatic N) is 2. The van der Waals surface area contributed by atoms with Crippen molar-refractivity contribution in [2.24, 2.45) is 0 Å². The minimum absolute atomic E-state index is 0.137. The maximum atomic E-state index is 10.6. The molecule has 0 radical (unpaired) electrons. The molecular formula is C9H8ClN3O2. The van der Waals surface area contributed by atoms with Gasteiger partial charge in [0.15, 0.2) is 5.69 Å². The lowest BCUT2D eigenvalue weighted by Gasteiger charge is -2.08. The molecule has 1 rings (SSSR count). The van der Waals surface area contributed by atoms with Crippen LogP contribution in [0.4, 0.5) is 5.82 Å². The molecule has 6 heteroatoms. The first-order chi connectivity index (χ1) is 7.02. The quantitative estimate of drug-likeness (QED) is 0.598. The summed E-state index contributed by atoms with van der Waals surface area (Å²) in [5.74, 6) is 1.54. The van der Waals surface area contributed by atoms with E-state index in [1.807, 2.05) is 0 Å². The number of carboxylic acid groups (broad SMARTS) is 1. The van der Waals surface area contributed by atoms with Gasteiger partial charge < -0.3 is 10.4 Å². The highest BCUT2D eigenvalue weighted by Gasteiger charge is 2.09. The second-order valence-corrected chi connectivity index (χ2v) is 3.08. The van der Waals surface area contributed by atoms with Crippen molar-refractivity contribution in [3.63, 3.8) is 0 Å². The lowest BCUT2D eigenvalue weighted by molar-refractivity contribution is 0.0690. The standard InChI is InChI=1S/C9H8ClN3O2/c1-3-5(2)11-7-4-6(8(14)15)12-9(10)13-7/h1,4-5H,2H3,(H,14,15)(H,11,12,13). The topological polar surface area (TPSA) is 75.1 Å². The highest BCUT2D eigenvalue weighted by atomic mass is 35.5. The summed E-state index contributed by atoms with van der Waals surface area (Å²) in [6, 6.07) is 1.000. The van der Waals surface area contributed by atoms with Gasteiger partial charge in [-0.15, -0.1) is 6.42 Å². The second-order valence-electron chi connectivity index (χ2n) is 2.75. The van der Waals surface area contributed by atoms with Crippen molar-refractivity contribution in [2.75, 3.05) is 5.32 Å². The number of anilines is 1. The zero-order valence-corrected chi connectivity index (χ0v) is 8.62. The lowest BCUT2D eigenvalue weighted by Crippen LogP contribution is -2.14. The van der Waals surface area contributed by atoms with E-state index >= 15 is 0 Å². The fourth-order valence-corrected chi connectivity index (χ4v) is 1.05. The summed E-state index contributed by atoms with van der Waals surface area (Å²) >= 11 is 5.54. The molecule has 78 valence electrons. The predicted octanol–water partition coefficient (Wildman–Crippen LogP) is 1.26. The number of rotatable bonds is 3. The average Bonchev–Trinajstić information content (AvgIpc) is 2.16. The number of aromatic nitrogens is 2. The van der Waals surface area contributed by atoms with Crippen LogP contribution in [0, 0.1) is 12.3 Å². The molecule has 0 saturated carbocycles. The fourth-order valence-electron chi connectivity index (χ4n) is 0.865. The number of hydrogen-bond acceptors (Lipinski definition) is 4. The summed E-state index contributed by atoms with van der Waals surface area (Å²) in [7, 11) is 0. The van der Waals surface area contributed by atoms with Crippen LogP contribution in [0.2, 0.25) is 5.28 Å². The van der Waals surface area contributed by atoms with Crippen LogP contribution in [0.15, 0.2) is 6.07 Å². The zero-order valence-electron chi connectivity index (χ0n) is 7.86. The highest BCUT2D eigenvalue weighted by Crippen LogP contribution is 2.11. The monoisotopic (exact) mass is 225 g/mol. The zero-order chi connectivity index (χ0) is 11.4. The molecule has 1 unspecified atom stereocenters. The van der Waals surface area contributed by atoms with E-state index in [1.54, 1.807) is 6.92 Å². The first-order valence-electron chi connectivity index (χ1n) is 4.03. The normalized spacial score (nSPS) is 11.5. The summed E-state index contributed by atoms with van der Waals surface area (Å²) in [6.07, 6.45) is 5.15. The molecule has 0 aliphatic heterocycles. The Morgan fingerprint density at radius 2 is 2.40 bits per heavy atom. The van der Waals surface area contributed by atoms with E-state index in [4.69, 9.17) is 23.1 Å². The van der Waals surface area contributed by atoms with Crippen molar-refractivity contribution >= 4 is 23.4 Å². The van der Waals surface area contributed by atoms with Crippen LogP contribution in [0.5, 0.6) is 0 Å². The Kier molecular flexibility index (Phi) is 3.47. The van der Waals surface area contributed by atoms with Gasteiger partial charge in [-0.05, 0) is 18.5 Å². The van der Waals surface area contributed by atoms with Gasteiger partial charge in [-0.25, -0.2) is 14.8 Å². The van der Waals surface area contributed by atoms with Crippen LogP contribution >= 0.6 is 11.6 Å². The van der Waals surface area contributed by atoms with Crippen LogP contribution in [-0.2, 0) is 0 Å². The summed E-state index contributed by atoms with van der Waals surface area (Å²) in [6.45, 7) is 1.73. The molecule has 1 aromatic rings.